The molecule has 1 saturated carbocycles. The summed E-state index contributed by atoms with van der Waals surface area (Å²) in [6.45, 7) is 6.30. The maximum absolute atomic E-state index is 5.89. The van der Waals surface area contributed by atoms with Crippen LogP contribution in [0.5, 0.6) is 0 Å². The molecule has 0 amide bonds. The Bertz CT molecular complexity index is 591. The molecule has 1 aliphatic heterocycles. The Kier molecular flexibility index (Phi) is 8.12. The number of aromatic nitrogens is 3. The number of hydrogen-bond donors (Lipinski definition) is 2. The quantitative estimate of drug-likeness (QED) is 0.388. The highest BCUT2D eigenvalue weighted by molar-refractivity contribution is 14.0. The van der Waals surface area contributed by atoms with Crippen LogP contribution in [0.4, 0.5) is 0 Å². The van der Waals surface area contributed by atoms with Crippen molar-refractivity contribution in [3.63, 3.8) is 0 Å². The van der Waals surface area contributed by atoms with E-state index in [9.17, 15) is 0 Å². The lowest BCUT2D eigenvalue weighted by molar-refractivity contribution is 0.0242. The summed E-state index contributed by atoms with van der Waals surface area (Å²) in [7, 11) is 1.98. The Morgan fingerprint density at radius 3 is 2.65 bits per heavy atom. The first kappa shape index (κ1) is 21.4. The third-order valence-electron chi connectivity index (χ3n) is 5.44. The highest BCUT2D eigenvalue weighted by atomic mass is 127. The minimum atomic E-state index is -0.0869. The summed E-state index contributed by atoms with van der Waals surface area (Å²) >= 11 is 0. The fourth-order valence-electron chi connectivity index (χ4n) is 3.58. The molecule has 7 nitrogen and oxygen atoms in total. The van der Waals surface area contributed by atoms with Crippen molar-refractivity contribution < 1.29 is 4.74 Å². The zero-order valence-corrected chi connectivity index (χ0v) is 18.6. The number of aliphatic imine (C=N–C) groups is 1. The molecule has 0 spiro atoms. The zero-order valence-electron chi connectivity index (χ0n) is 16.3. The van der Waals surface area contributed by atoms with Crippen LogP contribution < -0.4 is 10.6 Å². The molecular formula is C18H33IN6O. The van der Waals surface area contributed by atoms with Gasteiger partial charge in [0.05, 0.1) is 5.60 Å². The highest BCUT2D eigenvalue weighted by Gasteiger charge is 2.30. The Balaban J connectivity index is 0.00000243. The number of nitrogens with one attached hydrogen (secondary N) is 2. The van der Waals surface area contributed by atoms with Gasteiger partial charge in [-0.05, 0) is 39.5 Å². The largest absolute Gasteiger partial charge is 0.373 e. The summed E-state index contributed by atoms with van der Waals surface area (Å²) in [6, 6.07) is 0.513. The van der Waals surface area contributed by atoms with Crippen molar-refractivity contribution in [3.8, 4) is 0 Å². The predicted octanol–water partition coefficient (Wildman–Crippen LogP) is 2.68. The van der Waals surface area contributed by atoms with E-state index in [1.807, 2.05) is 18.5 Å². The number of hydrogen-bond acceptors (Lipinski definition) is 4. The van der Waals surface area contributed by atoms with Crippen LogP contribution in [0.2, 0.25) is 0 Å². The molecule has 1 aromatic rings. The van der Waals surface area contributed by atoms with Gasteiger partial charge >= 0.3 is 0 Å². The topological polar surface area (TPSA) is 76.4 Å². The molecule has 148 valence electrons. The summed E-state index contributed by atoms with van der Waals surface area (Å²) in [5, 5.41) is 15.4. The number of guanidine groups is 1. The van der Waals surface area contributed by atoms with Gasteiger partial charge in [0.2, 0.25) is 0 Å². The lowest BCUT2D eigenvalue weighted by atomic mass is 9.96. The molecule has 1 aromatic heterocycles. The minimum absolute atomic E-state index is 0. The van der Waals surface area contributed by atoms with Gasteiger partial charge < -0.3 is 19.9 Å². The molecule has 8 heteroatoms. The second-order valence-electron chi connectivity index (χ2n) is 7.62. The zero-order chi connectivity index (χ0) is 17.7. The van der Waals surface area contributed by atoms with Gasteiger partial charge in [-0.3, -0.25) is 0 Å². The van der Waals surface area contributed by atoms with Gasteiger partial charge in [-0.15, -0.1) is 34.2 Å². The number of aryl methyl sites for hydroxylation is 1. The minimum Gasteiger partial charge on any atom is -0.373 e. The molecule has 1 saturated heterocycles. The van der Waals surface area contributed by atoms with Crippen molar-refractivity contribution in [2.45, 2.75) is 77.0 Å². The maximum atomic E-state index is 5.89. The fraction of sp³-hybridized carbons (Fsp3) is 0.833. The first-order valence-corrected chi connectivity index (χ1v) is 9.59. The van der Waals surface area contributed by atoms with Gasteiger partial charge in [0, 0.05) is 26.2 Å². The van der Waals surface area contributed by atoms with E-state index in [-0.39, 0.29) is 29.6 Å². The summed E-state index contributed by atoms with van der Waals surface area (Å²) in [6.07, 6.45) is 8.62. The normalized spacial score (nSPS) is 24.3. The van der Waals surface area contributed by atoms with E-state index in [1.165, 1.54) is 32.1 Å². The molecule has 2 N–H and O–H groups in total. The average molecular weight is 476 g/mol. The smallest absolute Gasteiger partial charge is 0.192 e. The molecular weight excluding hydrogens is 443 g/mol. The van der Waals surface area contributed by atoms with Gasteiger partial charge in [-0.2, -0.15) is 0 Å². The molecule has 2 fully saturated rings. The van der Waals surface area contributed by atoms with Gasteiger partial charge in [0.1, 0.15) is 12.4 Å². The van der Waals surface area contributed by atoms with Crippen LogP contribution in [0, 0.1) is 6.92 Å². The second-order valence-corrected chi connectivity index (χ2v) is 7.62. The lowest BCUT2D eigenvalue weighted by Gasteiger charge is -2.28. The van der Waals surface area contributed by atoms with Gasteiger partial charge in [0.15, 0.2) is 11.8 Å². The van der Waals surface area contributed by atoms with Crippen molar-refractivity contribution in [2.75, 3.05) is 13.2 Å². The summed E-state index contributed by atoms with van der Waals surface area (Å²) in [5.41, 5.74) is -0.0869. The van der Waals surface area contributed by atoms with Crippen molar-refractivity contribution in [1.82, 2.24) is 25.4 Å². The molecule has 0 aromatic carbocycles. The van der Waals surface area contributed by atoms with E-state index in [2.05, 4.69) is 27.8 Å². The van der Waals surface area contributed by atoms with Crippen molar-refractivity contribution in [1.29, 1.82) is 0 Å². The molecule has 1 unspecified atom stereocenters. The van der Waals surface area contributed by atoms with Crippen LogP contribution in [0.3, 0.4) is 0 Å². The monoisotopic (exact) mass is 476 g/mol. The highest BCUT2D eigenvalue weighted by Crippen LogP contribution is 2.24. The van der Waals surface area contributed by atoms with E-state index >= 15 is 0 Å². The standard InChI is InChI=1S/C18H32N6O.HI/c1-14-22-23-16(24(14)3)12-19-17(21-15-8-5-4-6-9-15)20-13-18(2)10-7-11-25-18;/h15H,4-13H2,1-3H3,(H2,19,20,21);1H. The van der Waals surface area contributed by atoms with Crippen molar-refractivity contribution in [2.24, 2.45) is 12.0 Å². The molecule has 2 aliphatic rings. The van der Waals surface area contributed by atoms with Gasteiger partial charge in [-0.1, -0.05) is 19.3 Å². The second kappa shape index (κ2) is 9.87. The molecule has 3 rings (SSSR count). The van der Waals surface area contributed by atoms with Gasteiger partial charge in [-0.25, -0.2) is 4.99 Å². The van der Waals surface area contributed by atoms with E-state index in [0.717, 1.165) is 43.6 Å². The summed E-state index contributed by atoms with van der Waals surface area (Å²) in [5.74, 6) is 2.65. The van der Waals surface area contributed by atoms with Crippen LogP contribution >= 0.6 is 24.0 Å². The number of rotatable bonds is 5. The Hall–Kier alpha value is -0.900. The maximum Gasteiger partial charge on any atom is 0.192 e. The van der Waals surface area contributed by atoms with E-state index in [0.29, 0.717) is 12.6 Å². The first-order chi connectivity index (χ1) is 12.1. The SMILES string of the molecule is Cc1nnc(CN=C(NCC2(C)CCCO2)NC2CCCCC2)n1C.I. The molecule has 1 aliphatic carbocycles. The van der Waals surface area contributed by atoms with Crippen molar-refractivity contribution >= 4 is 29.9 Å². The third-order valence-corrected chi connectivity index (χ3v) is 5.44. The number of nitrogens with zero attached hydrogens (tertiary/aromatic N) is 4. The van der Waals surface area contributed by atoms with Crippen LogP contribution in [0.25, 0.3) is 0 Å². The molecule has 1 atom stereocenters. The molecule has 26 heavy (non-hydrogen) atoms. The summed E-state index contributed by atoms with van der Waals surface area (Å²) < 4.78 is 7.88. The Labute approximate surface area is 173 Å². The van der Waals surface area contributed by atoms with E-state index < -0.39 is 0 Å². The Morgan fingerprint density at radius 1 is 1.27 bits per heavy atom. The predicted molar refractivity (Wildman–Crippen MR) is 114 cm³/mol. The van der Waals surface area contributed by atoms with Gasteiger partial charge in [0.25, 0.3) is 0 Å². The number of halogens is 1. The molecule has 2 heterocycles. The van der Waals surface area contributed by atoms with Crippen LogP contribution in [0.15, 0.2) is 4.99 Å². The Morgan fingerprint density at radius 2 is 2.04 bits per heavy atom. The van der Waals surface area contributed by atoms with Crippen LogP contribution in [0.1, 0.15) is 63.5 Å². The summed E-state index contributed by atoms with van der Waals surface area (Å²) in [4.78, 5) is 4.77. The number of ether oxygens (including phenoxy) is 1. The van der Waals surface area contributed by atoms with Crippen LogP contribution in [-0.4, -0.2) is 45.5 Å². The van der Waals surface area contributed by atoms with E-state index in [1.54, 1.807) is 0 Å². The third kappa shape index (κ3) is 5.80. The van der Waals surface area contributed by atoms with Crippen molar-refractivity contribution in [3.05, 3.63) is 11.6 Å². The van der Waals surface area contributed by atoms with Crippen LogP contribution in [-0.2, 0) is 18.3 Å². The lowest BCUT2D eigenvalue weighted by Crippen LogP contribution is -2.49. The van der Waals surface area contributed by atoms with E-state index in [4.69, 9.17) is 9.73 Å². The fourth-order valence-corrected chi connectivity index (χ4v) is 3.58. The average Bonchev–Trinajstić information content (AvgIpc) is 3.19. The molecule has 0 bridgehead atoms. The molecule has 0 radical (unpaired) electrons. The first-order valence-electron chi connectivity index (χ1n) is 9.59.